The highest BCUT2D eigenvalue weighted by molar-refractivity contribution is 5.69. The van der Waals surface area contributed by atoms with E-state index < -0.39 is 0 Å². The third-order valence-corrected chi connectivity index (χ3v) is 6.62. The molecule has 10 heteroatoms. The van der Waals surface area contributed by atoms with Crippen LogP contribution >= 0.6 is 0 Å². The number of rotatable bonds is 6. The molecule has 4 heterocycles. The van der Waals surface area contributed by atoms with Crippen molar-refractivity contribution in [2.45, 2.75) is 52.0 Å². The molecule has 5 rings (SSSR count). The lowest BCUT2D eigenvalue weighted by molar-refractivity contribution is 0.325. The van der Waals surface area contributed by atoms with Gasteiger partial charge in [-0.2, -0.15) is 15.3 Å². The molecule has 10 nitrogen and oxygen atoms in total. The molecular formula is C26H28N8O2. The van der Waals surface area contributed by atoms with Gasteiger partial charge in [0.1, 0.15) is 18.2 Å². The number of anilines is 1. The van der Waals surface area contributed by atoms with Crippen molar-refractivity contribution in [1.82, 2.24) is 29.5 Å². The van der Waals surface area contributed by atoms with E-state index >= 15 is 0 Å². The first-order valence-electron chi connectivity index (χ1n) is 12.2. The topological polar surface area (TPSA) is 119 Å². The number of pyridine rings is 1. The Morgan fingerprint density at radius 1 is 1.17 bits per heavy atom. The van der Waals surface area contributed by atoms with Crippen molar-refractivity contribution in [3.05, 3.63) is 70.6 Å². The summed E-state index contributed by atoms with van der Waals surface area (Å²) in [5.41, 5.74) is 2.86. The van der Waals surface area contributed by atoms with Crippen molar-refractivity contribution in [3.8, 4) is 22.9 Å². The second-order valence-electron chi connectivity index (χ2n) is 9.26. The number of nitriles is 1. The maximum absolute atomic E-state index is 12.4. The fourth-order valence-corrected chi connectivity index (χ4v) is 4.48. The smallest absolute Gasteiger partial charge is 0.350 e. The Labute approximate surface area is 208 Å². The van der Waals surface area contributed by atoms with Crippen LogP contribution in [0.15, 0.2) is 52.2 Å². The maximum atomic E-state index is 12.4. The van der Waals surface area contributed by atoms with Crippen LogP contribution in [0.5, 0.6) is 0 Å². The third kappa shape index (κ3) is 4.40. The fraction of sp³-hybridized carbons (Fsp3) is 0.385. The summed E-state index contributed by atoms with van der Waals surface area (Å²) >= 11 is 0. The highest BCUT2D eigenvalue weighted by atomic mass is 16.5. The van der Waals surface area contributed by atoms with Gasteiger partial charge in [0.2, 0.25) is 5.89 Å². The van der Waals surface area contributed by atoms with Crippen molar-refractivity contribution in [1.29, 1.82) is 5.26 Å². The van der Waals surface area contributed by atoms with Gasteiger partial charge in [0, 0.05) is 43.2 Å². The van der Waals surface area contributed by atoms with Crippen molar-refractivity contribution < 1.29 is 4.52 Å². The molecule has 0 unspecified atom stereocenters. The molecule has 0 atom stereocenters. The van der Waals surface area contributed by atoms with E-state index in [1.54, 1.807) is 6.20 Å². The van der Waals surface area contributed by atoms with E-state index in [9.17, 15) is 10.1 Å². The van der Waals surface area contributed by atoms with Gasteiger partial charge in [0.15, 0.2) is 5.82 Å². The SMILES string of the molecule is CCn1ncn(-c2ccc(-c3cnc(N4CCC(c5nc(C(C)C)no5)CC4)c(C#N)c3)cc2)c1=O. The molecule has 0 radical (unpaired) electrons. The average Bonchev–Trinajstić information content (AvgIpc) is 3.56. The highest BCUT2D eigenvalue weighted by Gasteiger charge is 2.27. The second-order valence-corrected chi connectivity index (χ2v) is 9.26. The van der Waals surface area contributed by atoms with Gasteiger partial charge in [-0.15, -0.1) is 0 Å². The lowest BCUT2D eigenvalue weighted by Crippen LogP contribution is -2.34. The van der Waals surface area contributed by atoms with E-state index in [-0.39, 0.29) is 17.5 Å². The lowest BCUT2D eigenvalue weighted by atomic mass is 9.96. The molecule has 184 valence electrons. The molecule has 1 saturated heterocycles. The Kier molecular flexibility index (Phi) is 6.38. The minimum Gasteiger partial charge on any atom is -0.355 e. The van der Waals surface area contributed by atoms with Crippen molar-refractivity contribution >= 4 is 5.82 Å². The first-order valence-corrected chi connectivity index (χ1v) is 12.2. The van der Waals surface area contributed by atoms with E-state index in [1.807, 2.05) is 51.1 Å². The lowest BCUT2D eigenvalue weighted by Gasteiger charge is -2.31. The molecule has 0 aliphatic carbocycles. The maximum Gasteiger partial charge on any atom is 0.350 e. The molecule has 0 amide bonds. The standard InChI is InChI=1S/C26H28N8O2/c1-4-34-26(35)33(16-29-34)22-7-5-18(6-8-22)21-13-20(14-27)24(28-15-21)32-11-9-19(10-12-32)25-30-23(17(2)3)31-36-25/h5-8,13,15-17,19H,4,9-12H2,1-3H3. The fourth-order valence-electron chi connectivity index (χ4n) is 4.48. The van der Waals surface area contributed by atoms with E-state index in [0.29, 0.717) is 23.8 Å². The summed E-state index contributed by atoms with van der Waals surface area (Å²) in [5, 5.41) is 18.0. The number of piperidine rings is 1. The molecule has 3 aromatic heterocycles. The van der Waals surface area contributed by atoms with Gasteiger partial charge in [-0.3, -0.25) is 0 Å². The van der Waals surface area contributed by atoms with Crippen molar-refractivity contribution in [3.63, 3.8) is 0 Å². The third-order valence-electron chi connectivity index (χ3n) is 6.62. The highest BCUT2D eigenvalue weighted by Crippen LogP contribution is 2.32. The zero-order chi connectivity index (χ0) is 25.2. The monoisotopic (exact) mass is 484 g/mol. The van der Waals surface area contributed by atoms with Crippen molar-refractivity contribution in [2.75, 3.05) is 18.0 Å². The van der Waals surface area contributed by atoms with E-state index in [1.165, 1.54) is 15.6 Å². The van der Waals surface area contributed by atoms with E-state index in [0.717, 1.165) is 48.6 Å². The van der Waals surface area contributed by atoms with Gasteiger partial charge in [0.05, 0.1) is 11.3 Å². The number of aromatic nitrogens is 6. The van der Waals surface area contributed by atoms with Crippen LogP contribution in [0.4, 0.5) is 5.82 Å². The molecule has 0 spiro atoms. The zero-order valence-corrected chi connectivity index (χ0v) is 20.6. The first-order chi connectivity index (χ1) is 17.5. The number of benzene rings is 1. The molecule has 1 aromatic carbocycles. The van der Waals surface area contributed by atoms with Gasteiger partial charge in [-0.25, -0.2) is 19.0 Å². The summed E-state index contributed by atoms with van der Waals surface area (Å²) in [6, 6.07) is 11.8. The molecule has 0 N–H and O–H groups in total. The summed E-state index contributed by atoms with van der Waals surface area (Å²) in [6.07, 6.45) is 5.05. The van der Waals surface area contributed by atoms with E-state index in [2.05, 4.69) is 31.2 Å². The van der Waals surface area contributed by atoms with Gasteiger partial charge >= 0.3 is 5.69 Å². The first kappa shape index (κ1) is 23.5. The minimum atomic E-state index is -0.175. The van der Waals surface area contributed by atoms with Gasteiger partial charge in [0.25, 0.3) is 0 Å². The summed E-state index contributed by atoms with van der Waals surface area (Å²) in [6.45, 7) is 8.03. The summed E-state index contributed by atoms with van der Waals surface area (Å²) in [7, 11) is 0. The van der Waals surface area contributed by atoms with Crippen LogP contribution < -0.4 is 10.6 Å². The Balaban J connectivity index is 1.31. The minimum absolute atomic E-state index is 0.175. The molecule has 1 aliphatic rings. The van der Waals surface area contributed by atoms with Crippen LogP contribution in [0.25, 0.3) is 16.8 Å². The molecule has 1 fully saturated rings. The molecule has 4 aromatic rings. The second kappa shape index (κ2) is 9.77. The van der Waals surface area contributed by atoms with Crippen molar-refractivity contribution in [2.24, 2.45) is 0 Å². The van der Waals surface area contributed by atoms with Gasteiger partial charge in [-0.05, 0) is 43.5 Å². The van der Waals surface area contributed by atoms with Gasteiger partial charge < -0.3 is 9.42 Å². The Morgan fingerprint density at radius 3 is 2.53 bits per heavy atom. The molecular weight excluding hydrogens is 456 g/mol. The Bertz CT molecular complexity index is 1450. The van der Waals surface area contributed by atoms with Crippen LogP contribution in [0.3, 0.4) is 0 Å². The van der Waals surface area contributed by atoms with Gasteiger partial charge in [-0.1, -0.05) is 31.1 Å². The summed E-state index contributed by atoms with van der Waals surface area (Å²) < 4.78 is 8.41. The predicted molar refractivity (Wildman–Crippen MR) is 134 cm³/mol. The quantitative estimate of drug-likeness (QED) is 0.405. The van der Waals surface area contributed by atoms with Crippen LogP contribution in [0, 0.1) is 11.3 Å². The van der Waals surface area contributed by atoms with Crippen LogP contribution in [0.2, 0.25) is 0 Å². The molecule has 36 heavy (non-hydrogen) atoms. The summed E-state index contributed by atoms with van der Waals surface area (Å²) in [5.74, 6) is 2.61. The van der Waals surface area contributed by atoms with Crippen LogP contribution in [-0.2, 0) is 6.54 Å². The Morgan fingerprint density at radius 2 is 1.92 bits per heavy atom. The summed E-state index contributed by atoms with van der Waals surface area (Å²) in [4.78, 5) is 23.7. The molecule has 1 aliphatic heterocycles. The molecule has 0 bridgehead atoms. The normalized spacial score (nSPS) is 14.4. The average molecular weight is 485 g/mol. The number of aryl methyl sites for hydroxylation is 1. The van der Waals surface area contributed by atoms with Crippen LogP contribution in [0.1, 0.15) is 62.7 Å². The van der Waals surface area contributed by atoms with Crippen LogP contribution in [-0.4, -0.2) is 42.6 Å². The largest absolute Gasteiger partial charge is 0.355 e. The number of hydrogen-bond acceptors (Lipinski definition) is 8. The molecule has 0 saturated carbocycles. The zero-order valence-electron chi connectivity index (χ0n) is 20.6. The predicted octanol–water partition coefficient (Wildman–Crippen LogP) is 3.88. The number of hydrogen-bond donors (Lipinski definition) is 0. The number of nitrogens with zero attached hydrogens (tertiary/aromatic N) is 8. The Hall–Kier alpha value is -4.26. The van der Waals surface area contributed by atoms with E-state index in [4.69, 9.17) is 4.52 Å².